The van der Waals surface area contributed by atoms with E-state index in [1.54, 1.807) is 18.4 Å². The van der Waals surface area contributed by atoms with Crippen molar-refractivity contribution in [3.05, 3.63) is 76.0 Å². The number of rotatable bonds is 3. The van der Waals surface area contributed by atoms with Gasteiger partial charge in [0.15, 0.2) is 5.70 Å². The predicted octanol–water partition coefficient (Wildman–Crippen LogP) is 5.64. The number of ether oxygens (including phenoxy) is 1. The van der Waals surface area contributed by atoms with Gasteiger partial charge in [0.05, 0.1) is 13.7 Å². The number of aryl methyl sites for hydroxylation is 1. The third-order valence-electron chi connectivity index (χ3n) is 3.43. The Kier molecular flexibility index (Phi) is 3.95. The first-order valence-corrected chi connectivity index (χ1v) is 7.75. The first-order chi connectivity index (χ1) is 10.7. The minimum atomic E-state index is 0.633. The van der Waals surface area contributed by atoms with Gasteiger partial charge in [-0.1, -0.05) is 24.3 Å². The lowest BCUT2D eigenvalue weighted by Gasteiger charge is -2.05. The van der Waals surface area contributed by atoms with Gasteiger partial charge in [-0.3, -0.25) is 0 Å². The molecule has 0 saturated carbocycles. The van der Waals surface area contributed by atoms with Gasteiger partial charge in [-0.2, -0.15) is 0 Å². The van der Waals surface area contributed by atoms with Crippen LogP contribution in [0.3, 0.4) is 0 Å². The van der Waals surface area contributed by atoms with E-state index in [9.17, 15) is 0 Å². The van der Waals surface area contributed by atoms with E-state index in [2.05, 4.69) is 23.0 Å². The van der Waals surface area contributed by atoms with Crippen molar-refractivity contribution in [2.75, 3.05) is 7.11 Å². The number of hydrogen-bond donors (Lipinski definition) is 0. The molecule has 1 heterocycles. The molecule has 3 heteroatoms. The van der Waals surface area contributed by atoms with E-state index in [4.69, 9.17) is 11.3 Å². The van der Waals surface area contributed by atoms with Crippen molar-refractivity contribution in [2.24, 2.45) is 0 Å². The summed E-state index contributed by atoms with van der Waals surface area (Å²) in [5, 5.41) is 1.21. The number of hydrogen-bond acceptors (Lipinski definition) is 2. The summed E-state index contributed by atoms with van der Waals surface area (Å²) in [5.74, 6) is 0.779. The molecular formula is C19H15NOS. The van der Waals surface area contributed by atoms with Crippen LogP contribution in [0.5, 0.6) is 5.75 Å². The molecule has 0 aliphatic carbocycles. The highest BCUT2D eigenvalue weighted by Gasteiger charge is 2.07. The van der Waals surface area contributed by atoms with Gasteiger partial charge < -0.3 is 4.74 Å². The molecular weight excluding hydrogens is 290 g/mol. The van der Waals surface area contributed by atoms with Crippen LogP contribution >= 0.6 is 11.3 Å². The molecule has 1 aromatic heterocycles. The van der Waals surface area contributed by atoms with Crippen molar-refractivity contribution in [1.82, 2.24) is 0 Å². The lowest BCUT2D eigenvalue weighted by atomic mass is 10.1. The summed E-state index contributed by atoms with van der Waals surface area (Å²) in [6.07, 6.45) is 1.95. The Morgan fingerprint density at radius 3 is 2.73 bits per heavy atom. The first kappa shape index (κ1) is 14.4. The normalized spacial score (nSPS) is 11.4. The molecule has 0 radical (unpaired) electrons. The number of thiophene rings is 1. The van der Waals surface area contributed by atoms with Crippen LogP contribution in [0.15, 0.2) is 48.5 Å². The smallest absolute Gasteiger partial charge is 0.195 e. The van der Waals surface area contributed by atoms with E-state index in [0.29, 0.717) is 5.70 Å². The summed E-state index contributed by atoms with van der Waals surface area (Å²) in [5.41, 5.74) is 2.61. The largest absolute Gasteiger partial charge is 0.497 e. The lowest BCUT2D eigenvalue weighted by Crippen LogP contribution is -1.87. The Bertz CT molecular complexity index is 866. The molecule has 0 N–H and O–H groups in total. The molecule has 0 amide bonds. The number of nitrogens with zero attached hydrogens (tertiary/aromatic N) is 1. The summed E-state index contributed by atoms with van der Waals surface area (Å²) in [4.78, 5) is 4.79. The monoisotopic (exact) mass is 305 g/mol. The average Bonchev–Trinajstić information content (AvgIpc) is 2.94. The molecule has 0 fully saturated rings. The molecule has 108 valence electrons. The van der Waals surface area contributed by atoms with Crippen molar-refractivity contribution >= 4 is 33.2 Å². The Morgan fingerprint density at radius 1 is 1.18 bits per heavy atom. The minimum absolute atomic E-state index is 0.633. The van der Waals surface area contributed by atoms with Crippen molar-refractivity contribution in [3.63, 3.8) is 0 Å². The zero-order valence-electron chi connectivity index (χ0n) is 12.5. The SMILES string of the molecule is [C-]#[N+]/C(=C\c1cc2ccccc2s1)c1cc(C)cc(OC)c1. The van der Waals surface area contributed by atoms with Crippen LogP contribution in [-0.4, -0.2) is 7.11 Å². The predicted molar refractivity (Wildman–Crippen MR) is 94.0 cm³/mol. The van der Waals surface area contributed by atoms with E-state index in [0.717, 1.165) is 21.8 Å². The van der Waals surface area contributed by atoms with Crippen molar-refractivity contribution < 1.29 is 4.74 Å². The van der Waals surface area contributed by atoms with E-state index >= 15 is 0 Å². The van der Waals surface area contributed by atoms with Gasteiger partial charge in [-0.05, 0) is 53.8 Å². The Balaban J connectivity index is 2.07. The van der Waals surface area contributed by atoms with Crippen molar-refractivity contribution in [3.8, 4) is 5.75 Å². The van der Waals surface area contributed by atoms with Gasteiger partial charge in [0, 0.05) is 9.58 Å². The molecule has 22 heavy (non-hydrogen) atoms. The molecule has 0 spiro atoms. The quantitative estimate of drug-likeness (QED) is 0.571. The van der Waals surface area contributed by atoms with Gasteiger partial charge in [0.25, 0.3) is 0 Å². The molecule has 0 aliphatic rings. The summed E-state index contributed by atoms with van der Waals surface area (Å²) in [7, 11) is 1.64. The van der Waals surface area contributed by atoms with Gasteiger partial charge in [-0.15, -0.1) is 11.3 Å². The molecule has 0 aliphatic heterocycles. The zero-order valence-corrected chi connectivity index (χ0v) is 13.3. The third kappa shape index (κ3) is 2.88. The van der Waals surface area contributed by atoms with Crippen LogP contribution in [-0.2, 0) is 0 Å². The number of methoxy groups -OCH3 is 1. The number of benzene rings is 2. The second-order valence-electron chi connectivity index (χ2n) is 5.07. The van der Waals surface area contributed by atoms with Gasteiger partial charge in [0.1, 0.15) is 5.75 Å². The van der Waals surface area contributed by atoms with Gasteiger partial charge in [-0.25, -0.2) is 4.85 Å². The highest BCUT2D eigenvalue weighted by atomic mass is 32.1. The van der Waals surface area contributed by atoms with E-state index in [1.165, 1.54) is 10.1 Å². The highest BCUT2D eigenvalue weighted by Crippen LogP contribution is 2.30. The second kappa shape index (κ2) is 6.05. The third-order valence-corrected chi connectivity index (χ3v) is 4.49. The Labute approximate surface area is 134 Å². The molecule has 3 rings (SSSR count). The summed E-state index contributed by atoms with van der Waals surface area (Å²) >= 11 is 1.70. The summed E-state index contributed by atoms with van der Waals surface area (Å²) in [6.45, 7) is 9.51. The van der Waals surface area contributed by atoms with Crippen LogP contribution < -0.4 is 4.74 Å². The lowest BCUT2D eigenvalue weighted by molar-refractivity contribution is 0.414. The second-order valence-corrected chi connectivity index (χ2v) is 6.18. The topological polar surface area (TPSA) is 13.6 Å². The fourth-order valence-corrected chi connectivity index (χ4v) is 3.40. The maximum absolute atomic E-state index is 7.50. The average molecular weight is 305 g/mol. The molecule has 3 aromatic rings. The molecule has 0 atom stereocenters. The summed E-state index contributed by atoms with van der Waals surface area (Å²) < 4.78 is 6.54. The van der Waals surface area contributed by atoms with Crippen LogP contribution in [0.2, 0.25) is 0 Å². The molecule has 0 unspecified atom stereocenters. The minimum Gasteiger partial charge on any atom is -0.497 e. The zero-order chi connectivity index (χ0) is 15.5. The van der Waals surface area contributed by atoms with Crippen molar-refractivity contribution in [1.29, 1.82) is 0 Å². The maximum atomic E-state index is 7.50. The Morgan fingerprint density at radius 2 is 2.00 bits per heavy atom. The number of fused-ring (bicyclic) bond motifs is 1. The molecule has 0 bridgehead atoms. The van der Waals surface area contributed by atoms with Crippen LogP contribution in [0.1, 0.15) is 16.0 Å². The van der Waals surface area contributed by atoms with E-state index in [-0.39, 0.29) is 0 Å². The fourth-order valence-electron chi connectivity index (χ4n) is 2.40. The van der Waals surface area contributed by atoms with Gasteiger partial charge in [0.2, 0.25) is 0 Å². The molecule has 0 saturated heterocycles. The molecule has 2 aromatic carbocycles. The molecule has 2 nitrogen and oxygen atoms in total. The highest BCUT2D eigenvalue weighted by molar-refractivity contribution is 7.19. The van der Waals surface area contributed by atoms with E-state index in [1.807, 2.05) is 43.3 Å². The fraction of sp³-hybridized carbons (Fsp3) is 0.105. The van der Waals surface area contributed by atoms with Crippen LogP contribution in [0.4, 0.5) is 0 Å². The summed E-state index contributed by atoms with van der Waals surface area (Å²) in [6, 6.07) is 16.3. The van der Waals surface area contributed by atoms with Gasteiger partial charge >= 0.3 is 0 Å². The van der Waals surface area contributed by atoms with Crippen LogP contribution in [0.25, 0.3) is 26.7 Å². The Hall–Kier alpha value is -2.57. The first-order valence-electron chi connectivity index (χ1n) is 6.93. The maximum Gasteiger partial charge on any atom is 0.195 e. The van der Waals surface area contributed by atoms with Crippen LogP contribution in [0, 0.1) is 13.5 Å². The van der Waals surface area contributed by atoms with E-state index < -0.39 is 0 Å². The van der Waals surface area contributed by atoms with Crippen molar-refractivity contribution in [2.45, 2.75) is 6.92 Å². The standard InChI is InChI=1S/C19H15NOS/c1-13-8-15(10-16(9-13)21-3)18(20-2)12-17-11-14-6-4-5-7-19(14)22-17/h4-12H,1,3H3/b18-12-.